The summed E-state index contributed by atoms with van der Waals surface area (Å²) in [6.45, 7) is 6.82. The van der Waals surface area contributed by atoms with Crippen molar-refractivity contribution in [2.45, 2.75) is 32.1 Å². The van der Waals surface area contributed by atoms with Crippen LogP contribution < -0.4 is 5.32 Å². The van der Waals surface area contributed by atoms with Gasteiger partial charge in [0.05, 0.1) is 6.54 Å². The highest BCUT2D eigenvalue weighted by molar-refractivity contribution is 5.78. The highest BCUT2D eigenvalue weighted by atomic mass is 16.2. The van der Waals surface area contributed by atoms with Gasteiger partial charge in [0.1, 0.15) is 0 Å². The Balaban J connectivity index is 1.48. The molecule has 1 aliphatic heterocycles. The Morgan fingerprint density at radius 3 is 2.37 bits per heavy atom. The van der Waals surface area contributed by atoms with Gasteiger partial charge in [0.2, 0.25) is 5.91 Å². The molecule has 0 aromatic carbocycles. The van der Waals surface area contributed by atoms with Gasteiger partial charge in [-0.1, -0.05) is 0 Å². The molecule has 0 bridgehead atoms. The van der Waals surface area contributed by atoms with Gasteiger partial charge in [-0.15, -0.1) is 0 Å². The van der Waals surface area contributed by atoms with Crippen LogP contribution in [0.1, 0.15) is 32.1 Å². The van der Waals surface area contributed by atoms with E-state index in [0.29, 0.717) is 12.5 Å². The van der Waals surface area contributed by atoms with Crippen LogP contribution in [-0.2, 0) is 4.79 Å². The molecule has 2 saturated carbocycles. The van der Waals surface area contributed by atoms with Gasteiger partial charge in [-0.2, -0.15) is 0 Å². The third kappa shape index (κ3) is 4.46. The Hall–Kier alpha value is -0.610. The second-order valence-corrected chi connectivity index (χ2v) is 6.57. The normalized spacial score (nSPS) is 24.6. The molecule has 1 heterocycles. The number of nitrogens with one attached hydrogen (secondary N) is 1. The summed E-state index contributed by atoms with van der Waals surface area (Å²) < 4.78 is 0. The molecule has 0 radical (unpaired) electrons. The van der Waals surface area contributed by atoms with Crippen molar-refractivity contribution in [3.63, 3.8) is 0 Å². The molecule has 2 aliphatic carbocycles. The van der Waals surface area contributed by atoms with Crippen LogP contribution in [0.5, 0.6) is 0 Å². The molecule has 4 nitrogen and oxygen atoms in total. The number of hydrogen-bond acceptors (Lipinski definition) is 3. The van der Waals surface area contributed by atoms with E-state index >= 15 is 0 Å². The lowest BCUT2D eigenvalue weighted by molar-refractivity contribution is -0.132. The molecule has 4 heteroatoms. The van der Waals surface area contributed by atoms with Crippen LogP contribution in [-0.4, -0.2) is 61.5 Å². The zero-order chi connectivity index (χ0) is 13.1. The van der Waals surface area contributed by atoms with E-state index in [9.17, 15) is 4.79 Å². The topological polar surface area (TPSA) is 35.6 Å². The van der Waals surface area contributed by atoms with Crippen molar-refractivity contribution in [3.8, 4) is 0 Å². The summed E-state index contributed by atoms with van der Waals surface area (Å²) in [6, 6.07) is 0. The standard InChI is InChI=1S/C15H27N3O/c19-15(18-8-1-6-16-7-9-18)12-17(10-13-2-3-13)11-14-4-5-14/h13-14,16H,1-12H2. The third-order valence-electron chi connectivity index (χ3n) is 4.48. The molecule has 0 atom stereocenters. The van der Waals surface area contributed by atoms with Gasteiger partial charge in [-0.25, -0.2) is 0 Å². The Labute approximate surface area is 116 Å². The van der Waals surface area contributed by atoms with E-state index in [1.54, 1.807) is 0 Å². The van der Waals surface area contributed by atoms with Crippen molar-refractivity contribution in [3.05, 3.63) is 0 Å². The van der Waals surface area contributed by atoms with Gasteiger partial charge < -0.3 is 10.2 Å². The van der Waals surface area contributed by atoms with Crippen LogP contribution in [0.25, 0.3) is 0 Å². The first-order valence-electron chi connectivity index (χ1n) is 8.02. The quantitative estimate of drug-likeness (QED) is 0.776. The van der Waals surface area contributed by atoms with Crippen molar-refractivity contribution in [1.82, 2.24) is 15.1 Å². The van der Waals surface area contributed by atoms with Crippen LogP contribution in [0.15, 0.2) is 0 Å². The molecule has 0 aromatic heterocycles. The summed E-state index contributed by atoms with van der Waals surface area (Å²) in [5.41, 5.74) is 0. The first-order chi connectivity index (χ1) is 9.31. The average Bonchev–Trinajstić information content (AvgIpc) is 3.26. The maximum Gasteiger partial charge on any atom is 0.236 e. The van der Waals surface area contributed by atoms with Gasteiger partial charge >= 0.3 is 0 Å². The van der Waals surface area contributed by atoms with Gasteiger partial charge in [0, 0.05) is 32.7 Å². The molecule has 108 valence electrons. The van der Waals surface area contributed by atoms with Gasteiger partial charge in [0.15, 0.2) is 0 Å². The summed E-state index contributed by atoms with van der Waals surface area (Å²) in [7, 11) is 0. The minimum absolute atomic E-state index is 0.352. The van der Waals surface area contributed by atoms with E-state index in [1.807, 2.05) is 0 Å². The highest BCUT2D eigenvalue weighted by Crippen LogP contribution is 2.33. The molecular formula is C15H27N3O. The van der Waals surface area contributed by atoms with Gasteiger partial charge in [-0.3, -0.25) is 9.69 Å². The first kappa shape index (κ1) is 13.4. The fourth-order valence-electron chi connectivity index (χ4n) is 2.92. The van der Waals surface area contributed by atoms with E-state index in [2.05, 4.69) is 15.1 Å². The van der Waals surface area contributed by atoms with Crippen molar-refractivity contribution in [2.75, 3.05) is 45.8 Å². The van der Waals surface area contributed by atoms with E-state index < -0.39 is 0 Å². The number of hydrogen-bond donors (Lipinski definition) is 1. The van der Waals surface area contributed by atoms with Crippen LogP contribution in [0.4, 0.5) is 0 Å². The van der Waals surface area contributed by atoms with Crippen LogP contribution in [0.2, 0.25) is 0 Å². The summed E-state index contributed by atoms with van der Waals surface area (Å²) in [5, 5.41) is 3.36. The predicted octanol–water partition coefficient (Wildman–Crippen LogP) is 0.930. The summed E-state index contributed by atoms with van der Waals surface area (Å²) in [4.78, 5) is 16.9. The van der Waals surface area contributed by atoms with Gasteiger partial charge in [0.25, 0.3) is 0 Å². The molecule has 3 fully saturated rings. The minimum Gasteiger partial charge on any atom is -0.340 e. The van der Waals surface area contributed by atoms with Crippen LogP contribution >= 0.6 is 0 Å². The maximum absolute atomic E-state index is 12.4. The van der Waals surface area contributed by atoms with Gasteiger partial charge in [-0.05, 0) is 50.5 Å². The molecule has 0 aromatic rings. The number of carbonyl (C=O) groups excluding carboxylic acids is 1. The third-order valence-corrected chi connectivity index (χ3v) is 4.48. The summed E-state index contributed by atoms with van der Waals surface area (Å²) in [5.74, 6) is 2.12. The molecule has 19 heavy (non-hydrogen) atoms. The summed E-state index contributed by atoms with van der Waals surface area (Å²) in [6.07, 6.45) is 6.61. The lowest BCUT2D eigenvalue weighted by Gasteiger charge is -2.26. The molecule has 1 amide bonds. The fraction of sp³-hybridized carbons (Fsp3) is 0.933. The number of rotatable bonds is 6. The largest absolute Gasteiger partial charge is 0.340 e. The zero-order valence-corrected chi connectivity index (χ0v) is 11.9. The number of carbonyl (C=O) groups is 1. The Bertz CT molecular complexity index is 291. The smallest absolute Gasteiger partial charge is 0.236 e. The molecule has 0 unspecified atom stereocenters. The Morgan fingerprint density at radius 2 is 1.74 bits per heavy atom. The molecule has 1 N–H and O–H groups in total. The predicted molar refractivity (Wildman–Crippen MR) is 76.0 cm³/mol. The van der Waals surface area contributed by atoms with E-state index in [1.165, 1.54) is 25.7 Å². The number of nitrogens with zero attached hydrogens (tertiary/aromatic N) is 2. The minimum atomic E-state index is 0.352. The molecule has 1 saturated heterocycles. The van der Waals surface area contributed by atoms with E-state index in [0.717, 1.165) is 57.5 Å². The van der Waals surface area contributed by atoms with Crippen molar-refractivity contribution in [2.24, 2.45) is 11.8 Å². The van der Waals surface area contributed by atoms with Crippen LogP contribution in [0.3, 0.4) is 0 Å². The van der Waals surface area contributed by atoms with Crippen LogP contribution in [0, 0.1) is 11.8 Å². The number of amides is 1. The molecule has 0 spiro atoms. The highest BCUT2D eigenvalue weighted by Gasteiger charge is 2.30. The fourth-order valence-corrected chi connectivity index (χ4v) is 2.92. The van der Waals surface area contributed by atoms with Crippen molar-refractivity contribution in [1.29, 1.82) is 0 Å². The zero-order valence-electron chi connectivity index (χ0n) is 11.9. The van der Waals surface area contributed by atoms with E-state index in [4.69, 9.17) is 0 Å². The molecule has 3 rings (SSSR count). The molecule has 3 aliphatic rings. The average molecular weight is 265 g/mol. The van der Waals surface area contributed by atoms with E-state index in [-0.39, 0.29) is 0 Å². The summed E-state index contributed by atoms with van der Waals surface area (Å²) >= 11 is 0. The Kier molecular flexibility index (Phi) is 4.38. The monoisotopic (exact) mass is 265 g/mol. The Morgan fingerprint density at radius 1 is 1.05 bits per heavy atom. The maximum atomic E-state index is 12.4. The lowest BCUT2D eigenvalue weighted by atomic mass is 10.3. The second kappa shape index (κ2) is 6.23. The molecular weight excluding hydrogens is 238 g/mol. The first-order valence-corrected chi connectivity index (χ1v) is 8.02. The SMILES string of the molecule is O=C(CN(CC1CC1)CC1CC1)N1CCCNCC1. The lowest BCUT2D eigenvalue weighted by Crippen LogP contribution is -2.43. The van der Waals surface area contributed by atoms with Crippen molar-refractivity contribution >= 4 is 5.91 Å². The second-order valence-electron chi connectivity index (χ2n) is 6.57. The van der Waals surface area contributed by atoms with Crippen molar-refractivity contribution < 1.29 is 4.79 Å².